The molecule has 0 bridgehead atoms. The van der Waals surface area contributed by atoms with Crippen LogP contribution in [-0.4, -0.2) is 17.1 Å². The van der Waals surface area contributed by atoms with Crippen molar-refractivity contribution in [3.05, 3.63) is 35.4 Å². The van der Waals surface area contributed by atoms with E-state index in [1.54, 1.807) is 0 Å². The minimum absolute atomic E-state index is 0. The van der Waals surface area contributed by atoms with Gasteiger partial charge in [-0.25, -0.2) is 0 Å². The van der Waals surface area contributed by atoms with Crippen LogP contribution in [0.2, 0.25) is 0 Å². The Hall–Kier alpha value is -1.06. The second kappa shape index (κ2) is 7.30. The molecular formula is C13H20ClNO2. The van der Waals surface area contributed by atoms with E-state index in [-0.39, 0.29) is 18.3 Å². The first-order chi connectivity index (χ1) is 7.50. The van der Waals surface area contributed by atoms with Crippen LogP contribution < -0.4 is 5.32 Å². The molecule has 0 amide bonds. The van der Waals surface area contributed by atoms with Crippen LogP contribution in [0.15, 0.2) is 24.3 Å². The lowest BCUT2D eigenvalue weighted by molar-refractivity contribution is -0.140. The summed E-state index contributed by atoms with van der Waals surface area (Å²) in [6.45, 7) is 6.43. The summed E-state index contributed by atoms with van der Waals surface area (Å²) in [6.07, 6.45) is 0. The molecule has 17 heavy (non-hydrogen) atoms. The normalized spacial score (nSPS) is 12.0. The fourth-order valence-electron chi connectivity index (χ4n) is 1.54. The summed E-state index contributed by atoms with van der Waals surface area (Å²) >= 11 is 0. The SMILES string of the molecule is Cc1ccc(CNC(C(=O)O)C(C)C)cc1.Cl. The molecule has 2 N–H and O–H groups in total. The smallest absolute Gasteiger partial charge is 0.320 e. The molecule has 0 aliphatic heterocycles. The first kappa shape index (κ1) is 15.9. The summed E-state index contributed by atoms with van der Waals surface area (Å²) in [7, 11) is 0. The van der Waals surface area contributed by atoms with Gasteiger partial charge in [-0.2, -0.15) is 0 Å². The predicted molar refractivity (Wildman–Crippen MR) is 71.5 cm³/mol. The fraction of sp³-hybridized carbons (Fsp3) is 0.462. The lowest BCUT2D eigenvalue weighted by Gasteiger charge is -2.17. The zero-order valence-corrected chi connectivity index (χ0v) is 11.3. The minimum Gasteiger partial charge on any atom is -0.480 e. The lowest BCUT2D eigenvalue weighted by atomic mass is 10.0. The molecule has 3 nitrogen and oxygen atoms in total. The monoisotopic (exact) mass is 257 g/mol. The van der Waals surface area contributed by atoms with Gasteiger partial charge in [-0.3, -0.25) is 4.79 Å². The van der Waals surface area contributed by atoms with E-state index in [1.165, 1.54) is 5.56 Å². The van der Waals surface area contributed by atoms with Gasteiger partial charge in [0.2, 0.25) is 0 Å². The van der Waals surface area contributed by atoms with E-state index in [1.807, 2.05) is 45.0 Å². The van der Waals surface area contributed by atoms with Gasteiger partial charge in [0, 0.05) is 6.54 Å². The van der Waals surface area contributed by atoms with E-state index in [4.69, 9.17) is 5.11 Å². The highest BCUT2D eigenvalue weighted by Crippen LogP contribution is 2.06. The molecule has 4 heteroatoms. The van der Waals surface area contributed by atoms with Crippen LogP contribution in [0.5, 0.6) is 0 Å². The van der Waals surface area contributed by atoms with Gasteiger partial charge in [-0.05, 0) is 18.4 Å². The molecule has 0 heterocycles. The first-order valence-electron chi connectivity index (χ1n) is 5.52. The molecule has 0 saturated carbocycles. The van der Waals surface area contributed by atoms with Crippen LogP contribution in [-0.2, 0) is 11.3 Å². The van der Waals surface area contributed by atoms with Crippen LogP contribution in [0.25, 0.3) is 0 Å². The van der Waals surface area contributed by atoms with Gasteiger partial charge < -0.3 is 10.4 Å². The van der Waals surface area contributed by atoms with Gasteiger partial charge in [0.1, 0.15) is 6.04 Å². The number of aliphatic carboxylic acids is 1. The zero-order chi connectivity index (χ0) is 12.1. The maximum atomic E-state index is 11.0. The largest absolute Gasteiger partial charge is 0.480 e. The van der Waals surface area contributed by atoms with Crippen molar-refractivity contribution in [1.82, 2.24) is 5.32 Å². The molecule has 1 atom stereocenters. The number of aryl methyl sites for hydroxylation is 1. The Bertz CT molecular complexity index is 349. The molecule has 0 fully saturated rings. The van der Waals surface area contributed by atoms with Gasteiger partial charge >= 0.3 is 5.97 Å². The number of hydrogen-bond donors (Lipinski definition) is 2. The van der Waals surface area contributed by atoms with Crippen LogP contribution in [0, 0.1) is 12.8 Å². The summed E-state index contributed by atoms with van der Waals surface area (Å²) in [4.78, 5) is 11.0. The summed E-state index contributed by atoms with van der Waals surface area (Å²) in [5, 5.41) is 12.1. The topological polar surface area (TPSA) is 49.3 Å². The van der Waals surface area contributed by atoms with E-state index in [0.717, 1.165) is 5.56 Å². The van der Waals surface area contributed by atoms with Crippen molar-refractivity contribution in [3.63, 3.8) is 0 Å². The average molecular weight is 258 g/mol. The van der Waals surface area contributed by atoms with Crippen molar-refractivity contribution < 1.29 is 9.90 Å². The summed E-state index contributed by atoms with van der Waals surface area (Å²) in [5.41, 5.74) is 2.32. The third-order valence-corrected chi connectivity index (χ3v) is 2.58. The van der Waals surface area contributed by atoms with Crippen LogP contribution in [0.1, 0.15) is 25.0 Å². The molecule has 1 unspecified atom stereocenters. The third-order valence-electron chi connectivity index (χ3n) is 2.58. The van der Waals surface area contributed by atoms with Crippen molar-refractivity contribution in [2.75, 3.05) is 0 Å². The van der Waals surface area contributed by atoms with Crippen molar-refractivity contribution in [3.8, 4) is 0 Å². The van der Waals surface area contributed by atoms with Gasteiger partial charge in [0.15, 0.2) is 0 Å². The first-order valence-corrected chi connectivity index (χ1v) is 5.52. The van der Waals surface area contributed by atoms with Crippen LogP contribution >= 0.6 is 12.4 Å². The lowest BCUT2D eigenvalue weighted by Crippen LogP contribution is -2.40. The molecule has 1 aromatic rings. The van der Waals surface area contributed by atoms with Crippen molar-refractivity contribution >= 4 is 18.4 Å². The number of halogens is 1. The summed E-state index contributed by atoms with van der Waals surface area (Å²) < 4.78 is 0. The van der Waals surface area contributed by atoms with Crippen LogP contribution in [0.3, 0.4) is 0 Å². The van der Waals surface area contributed by atoms with Gasteiger partial charge in [-0.15, -0.1) is 12.4 Å². The van der Waals surface area contributed by atoms with Crippen molar-refractivity contribution in [2.24, 2.45) is 5.92 Å². The van der Waals surface area contributed by atoms with E-state index in [2.05, 4.69) is 5.32 Å². The number of carboxylic acid groups (broad SMARTS) is 1. The van der Waals surface area contributed by atoms with Gasteiger partial charge in [0.05, 0.1) is 0 Å². The fourth-order valence-corrected chi connectivity index (χ4v) is 1.54. The van der Waals surface area contributed by atoms with Crippen molar-refractivity contribution in [1.29, 1.82) is 0 Å². The number of hydrogen-bond acceptors (Lipinski definition) is 2. The standard InChI is InChI=1S/C13H19NO2.ClH/c1-9(2)12(13(15)16)14-8-11-6-4-10(3)5-7-11;/h4-7,9,12,14H,8H2,1-3H3,(H,15,16);1H. The Morgan fingerprint density at radius 3 is 2.24 bits per heavy atom. The summed E-state index contributed by atoms with van der Waals surface area (Å²) in [5.74, 6) is -0.704. The number of carbonyl (C=O) groups is 1. The van der Waals surface area contributed by atoms with Crippen LogP contribution in [0.4, 0.5) is 0 Å². The highest BCUT2D eigenvalue weighted by molar-refractivity contribution is 5.85. The quantitative estimate of drug-likeness (QED) is 0.853. The Kier molecular flexibility index (Phi) is 6.85. The molecule has 0 aliphatic rings. The highest BCUT2D eigenvalue weighted by atomic mass is 35.5. The molecule has 1 aromatic carbocycles. The molecular weight excluding hydrogens is 238 g/mol. The van der Waals surface area contributed by atoms with E-state index >= 15 is 0 Å². The number of benzene rings is 1. The second-order valence-electron chi connectivity index (χ2n) is 4.43. The number of carboxylic acids is 1. The third kappa shape index (κ3) is 5.20. The molecule has 1 rings (SSSR count). The molecule has 0 spiro atoms. The minimum atomic E-state index is -0.790. The predicted octanol–water partition coefficient (Wildman–Crippen LogP) is 2.62. The molecule has 0 saturated heterocycles. The average Bonchev–Trinajstić information content (AvgIpc) is 2.20. The van der Waals surface area contributed by atoms with Gasteiger partial charge in [0.25, 0.3) is 0 Å². The van der Waals surface area contributed by atoms with E-state index < -0.39 is 12.0 Å². The maximum absolute atomic E-state index is 11.0. The Morgan fingerprint density at radius 2 is 1.82 bits per heavy atom. The Morgan fingerprint density at radius 1 is 1.29 bits per heavy atom. The Labute approximate surface area is 109 Å². The maximum Gasteiger partial charge on any atom is 0.320 e. The Balaban J connectivity index is 0.00000256. The van der Waals surface area contributed by atoms with Crippen molar-refractivity contribution in [2.45, 2.75) is 33.4 Å². The second-order valence-corrected chi connectivity index (χ2v) is 4.43. The number of rotatable bonds is 5. The van der Waals surface area contributed by atoms with E-state index in [9.17, 15) is 4.79 Å². The molecule has 0 radical (unpaired) electrons. The summed E-state index contributed by atoms with van der Waals surface area (Å²) in [6, 6.07) is 7.61. The zero-order valence-electron chi connectivity index (χ0n) is 10.4. The molecule has 0 aliphatic carbocycles. The number of nitrogens with one attached hydrogen (secondary N) is 1. The van der Waals surface area contributed by atoms with Gasteiger partial charge in [-0.1, -0.05) is 43.7 Å². The molecule has 0 aromatic heterocycles. The molecule has 96 valence electrons. The van der Waals surface area contributed by atoms with E-state index in [0.29, 0.717) is 6.54 Å². The highest BCUT2D eigenvalue weighted by Gasteiger charge is 2.20.